The van der Waals surface area contributed by atoms with Crippen molar-refractivity contribution in [2.45, 2.75) is 38.4 Å². The molecule has 1 aliphatic heterocycles. The molecule has 0 aromatic carbocycles. The summed E-state index contributed by atoms with van der Waals surface area (Å²) < 4.78 is 11.5. The summed E-state index contributed by atoms with van der Waals surface area (Å²) in [6.07, 6.45) is 3.85. The van der Waals surface area contributed by atoms with Crippen LogP contribution < -0.4 is 0 Å². The van der Waals surface area contributed by atoms with Crippen LogP contribution in [-0.4, -0.2) is 24.8 Å². The van der Waals surface area contributed by atoms with Crippen LogP contribution in [0.3, 0.4) is 0 Å². The van der Waals surface area contributed by atoms with Crippen molar-refractivity contribution in [3.05, 3.63) is 0 Å². The molecule has 1 heterocycles. The Bertz CT molecular complexity index is 281. The molecule has 0 bridgehead atoms. The monoisotopic (exact) mass is 210 g/mol. The Morgan fingerprint density at radius 1 is 1.33 bits per heavy atom. The van der Waals surface area contributed by atoms with Gasteiger partial charge in [0.15, 0.2) is 5.79 Å². The summed E-state index contributed by atoms with van der Waals surface area (Å²) in [6, 6.07) is 0. The van der Waals surface area contributed by atoms with Gasteiger partial charge in [0.2, 0.25) is 0 Å². The van der Waals surface area contributed by atoms with Gasteiger partial charge in [0.25, 0.3) is 0 Å². The first-order chi connectivity index (χ1) is 7.20. The number of carbonyl (C=O) groups is 1. The maximum absolute atomic E-state index is 11.9. The highest BCUT2D eigenvalue weighted by Gasteiger charge is 2.50. The van der Waals surface area contributed by atoms with Crippen LogP contribution >= 0.6 is 0 Å². The van der Waals surface area contributed by atoms with Crippen molar-refractivity contribution in [2.24, 2.45) is 17.8 Å². The normalized spacial score (nSPS) is 43.5. The molecule has 3 aliphatic rings. The Kier molecular flexibility index (Phi) is 2.15. The lowest BCUT2D eigenvalue weighted by Crippen LogP contribution is -2.39. The molecule has 84 valence electrons. The SMILES string of the molecule is CC1CC2CC3(CCC2C1=O)OCCO3. The Labute approximate surface area is 90.1 Å². The van der Waals surface area contributed by atoms with E-state index in [0.717, 1.165) is 38.9 Å². The van der Waals surface area contributed by atoms with Gasteiger partial charge in [-0.05, 0) is 18.8 Å². The molecule has 3 heteroatoms. The lowest BCUT2D eigenvalue weighted by Gasteiger charge is -2.37. The molecule has 1 saturated heterocycles. The van der Waals surface area contributed by atoms with E-state index in [0.29, 0.717) is 17.6 Å². The van der Waals surface area contributed by atoms with Crippen molar-refractivity contribution in [1.82, 2.24) is 0 Å². The van der Waals surface area contributed by atoms with E-state index in [-0.39, 0.29) is 11.7 Å². The van der Waals surface area contributed by atoms with Crippen LogP contribution in [-0.2, 0) is 14.3 Å². The first kappa shape index (κ1) is 9.79. The topological polar surface area (TPSA) is 35.5 Å². The van der Waals surface area contributed by atoms with Gasteiger partial charge in [-0.25, -0.2) is 0 Å². The molecule has 3 fully saturated rings. The summed E-state index contributed by atoms with van der Waals surface area (Å²) in [4.78, 5) is 11.9. The minimum Gasteiger partial charge on any atom is -0.348 e. The van der Waals surface area contributed by atoms with Gasteiger partial charge < -0.3 is 9.47 Å². The maximum Gasteiger partial charge on any atom is 0.168 e. The van der Waals surface area contributed by atoms with Crippen molar-refractivity contribution in [3.8, 4) is 0 Å². The van der Waals surface area contributed by atoms with Gasteiger partial charge in [0.05, 0.1) is 13.2 Å². The third kappa shape index (κ3) is 1.44. The summed E-state index contributed by atoms with van der Waals surface area (Å²) in [7, 11) is 0. The Morgan fingerprint density at radius 2 is 2.07 bits per heavy atom. The van der Waals surface area contributed by atoms with Crippen LogP contribution in [0.1, 0.15) is 32.6 Å². The molecule has 3 nitrogen and oxygen atoms in total. The summed E-state index contributed by atoms with van der Waals surface area (Å²) in [6.45, 7) is 3.51. The van der Waals surface area contributed by atoms with Crippen molar-refractivity contribution in [2.75, 3.05) is 13.2 Å². The van der Waals surface area contributed by atoms with Gasteiger partial charge in [0.1, 0.15) is 5.78 Å². The molecule has 2 aliphatic carbocycles. The van der Waals surface area contributed by atoms with Crippen LogP contribution in [0.25, 0.3) is 0 Å². The fraction of sp³-hybridized carbons (Fsp3) is 0.917. The largest absolute Gasteiger partial charge is 0.348 e. The average molecular weight is 210 g/mol. The first-order valence-electron chi connectivity index (χ1n) is 6.02. The number of carbonyl (C=O) groups excluding carboxylic acids is 1. The van der Waals surface area contributed by atoms with Gasteiger partial charge in [-0.3, -0.25) is 4.79 Å². The number of hydrogen-bond donors (Lipinski definition) is 0. The molecular weight excluding hydrogens is 192 g/mol. The highest BCUT2D eigenvalue weighted by atomic mass is 16.7. The minimum atomic E-state index is -0.314. The molecule has 2 saturated carbocycles. The Morgan fingerprint density at radius 3 is 2.80 bits per heavy atom. The quantitative estimate of drug-likeness (QED) is 0.611. The van der Waals surface area contributed by atoms with E-state index in [2.05, 4.69) is 6.92 Å². The number of fused-ring (bicyclic) bond motifs is 1. The van der Waals surface area contributed by atoms with Crippen LogP contribution in [0.4, 0.5) is 0 Å². The van der Waals surface area contributed by atoms with Crippen LogP contribution in [0.15, 0.2) is 0 Å². The predicted octanol–water partition coefficient (Wildman–Crippen LogP) is 1.75. The lowest BCUT2D eigenvalue weighted by atomic mass is 9.78. The van der Waals surface area contributed by atoms with Gasteiger partial charge in [-0.2, -0.15) is 0 Å². The van der Waals surface area contributed by atoms with E-state index in [1.165, 1.54) is 0 Å². The van der Waals surface area contributed by atoms with E-state index in [9.17, 15) is 4.79 Å². The summed E-state index contributed by atoms with van der Waals surface area (Å²) in [5, 5.41) is 0. The smallest absolute Gasteiger partial charge is 0.168 e. The lowest BCUT2D eigenvalue weighted by molar-refractivity contribution is -0.192. The van der Waals surface area contributed by atoms with Crippen LogP contribution in [0.2, 0.25) is 0 Å². The third-order valence-corrected chi connectivity index (χ3v) is 4.30. The fourth-order valence-corrected chi connectivity index (χ4v) is 3.57. The molecule has 0 amide bonds. The Balaban J connectivity index is 1.77. The fourth-order valence-electron chi connectivity index (χ4n) is 3.57. The van der Waals surface area contributed by atoms with Gasteiger partial charge in [-0.1, -0.05) is 6.92 Å². The number of rotatable bonds is 0. The molecule has 0 aromatic heterocycles. The van der Waals surface area contributed by atoms with Crippen molar-refractivity contribution < 1.29 is 14.3 Å². The highest BCUT2D eigenvalue weighted by Crippen LogP contribution is 2.48. The highest BCUT2D eigenvalue weighted by molar-refractivity contribution is 5.85. The average Bonchev–Trinajstić information content (AvgIpc) is 2.75. The van der Waals surface area contributed by atoms with Crippen molar-refractivity contribution >= 4 is 5.78 Å². The zero-order valence-electron chi connectivity index (χ0n) is 9.20. The summed E-state index contributed by atoms with van der Waals surface area (Å²) >= 11 is 0. The number of Topliss-reactive ketones (excluding diaryl/α,β-unsaturated/α-hetero) is 1. The molecule has 0 N–H and O–H groups in total. The van der Waals surface area contributed by atoms with Gasteiger partial charge in [-0.15, -0.1) is 0 Å². The van der Waals surface area contributed by atoms with E-state index in [1.54, 1.807) is 0 Å². The minimum absolute atomic E-state index is 0.261. The van der Waals surface area contributed by atoms with E-state index >= 15 is 0 Å². The molecule has 3 atom stereocenters. The standard InChI is InChI=1S/C12H18O3/c1-8-6-9-7-12(14-4-5-15-12)3-2-10(9)11(8)13/h8-10H,2-7H2,1H3. The first-order valence-corrected chi connectivity index (χ1v) is 6.02. The molecule has 3 rings (SSSR count). The van der Waals surface area contributed by atoms with Gasteiger partial charge in [0, 0.05) is 24.7 Å². The van der Waals surface area contributed by atoms with E-state index in [1.807, 2.05) is 0 Å². The second-order valence-corrected chi connectivity index (χ2v) is 5.26. The Hall–Kier alpha value is -0.410. The summed E-state index contributed by atoms with van der Waals surface area (Å²) in [5.41, 5.74) is 0. The molecular formula is C12H18O3. The number of ether oxygens (including phenoxy) is 2. The van der Waals surface area contributed by atoms with E-state index < -0.39 is 0 Å². The summed E-state index contributed by atoms with van der Waals surface area (Å²) in [5.74, 6) is 1.24. The molecule has 0 aromatic rings. The number of hydrogen-bond acceptors (Lipinski definition) is 3. The second kappa shape index (κ2) is 3.29. The molecule has 1 spiro atoms. The molecule has 15 heavy (non-hydrogen) atoms. The van der Waals surface area contributed by atoms with Crippen LogP contribution in [0, 0.1) is 17.8 Å². The third-order valence-electron chi connectivity index (χ3n) is 4.30. The van der Waals surface area contributed by atoms with Crippen molar-refractivity contribution in [1.29, 1.82) is 0 Å². The second-order valence-electron chi connectivity index (χ2n) is 5.26. The zero-order chi connectivity index (χ0) is 10.5. The number of ketones is 1. The maximum atomic E-state index is 11.9. The van der Waals surface area contributed by atoms with E-state index in [4.69, 9.17) is 9.47 Å². The zero-order valence-corrected chi connectivity index (χ0v) is 9.20. The molecule has 0 radical (unpaired) electrons. The molecule has 3 unspecified atom stereocenters. The van der Waals surface area contributed by atoms with Crippen molar-refractivity contribution in [3.63, 3.8) is 0 Å². The van der Waals surface area contributed by atoms with Crippen LogP contribution in [0.5, 0.6) is 0 Å². The van der Waals surface area contributed by atoms with Gasteiger partial charge >= 0.3 is 0 Å². The predicted molar refractivity (Wildman–Crippen MR) is 54.3 cm³/mol.